The lowest BCUT2D eigenvalue weighted by Crippen LogP contribution is -2.63. The molecule has 2 unspecified atom stereocenters. The number of rotatable bonds is 8. The maximum absolute atomic E-state index is 14.0. The van der Waals surface area contributed by atoms with Crippen molar-refractivity contribution in [1.82, 2.24) is 4.90 Å². The summed E-state index contributed by atoms with van der Waals surface area (Å²) in [4.78, 5) is 52.6. The zero-order valence-electron chi connectivity index (χ0n) is 29.5. The zero-order chi connectivity index (χ0) is 35.9. The van der Waals surface area contributed by atoms with Crippen molar-refractivity contribution < 1.29 is 48.3 Å². The van der Waals surface area contributed by atoms with Gasteiger partial charge >= 0.3 is 23.9 Å². The van der Waals surface area contributed by atoms with Gasteiger partial charge in [-0.25, -0.2) is 4.79 Å². The van der Waals surface area contributed by atoms with E-state index in [0.717, 1.165) is 5.56 Å². The fourth-order valence-corrected chi connectivity index (χ4v) is 8.44. The third-order valence-corrected chi connectivity index (χ3v) is 11.0. The highest BCUT2D eigenvalue weighted by molar-refractivity contribution is 5.80. The molecule has 4 rings (SSSR count). The molecule has 2 N–H and O–H groups in total. The molecule has 0 amide bonds. The van der Waals surface area contributed by atoms with E-state index in [2.05, 4.69) is 6.58 Å². The van der Waals surface area contributed by atoms with Crippen molar-refractivity contribution >= 4 is 23.9 Å². The molecule has 2 bridgehead atoms. The Bertz CT molecular complexity index is 1450. The zero-order valence-corrected chi connectivity index (χ0v) is 29.5. The lowest BCUT2D eigenvalue weighted by atomic mass is 9.49. The van der Waals surface area contributed by atoms with Crippen molar-refractivity contribution in [3.63, 3.8) is 0 Å². The molecule has 11 nitrogen and oxygen atoms in total. The van der Waals surface area contributed by atoms with Gasteiger partial charge in [0.05, 0.1) is 12.1 Å². The summed E-state index contributed by atoms with van der Waals surface area (Å²) in [6.45, 7) is 15.8. The van der Waals surface area contributed by atoms with E-state index in [0.29, 0.717) is 29.6 Å². The van der Waals surface area contributed by atoms with Crippen LogP contribution in [0.1, 0.15) is 79.3 Å². The minimum absolute atomic E-state index is 0.0889. The highest BCUT2D eigenvalue weighted by Gasteiger charge is 2.62. The Morgan fingerprint density at radius 2 is 1.48 bits per heavy atom. The molecule has 0 radical (unpaired) electrons. The number of likely N-dealkylation sites (N-methyl/N-ethyl adjacent to an activating group) is 1. The number of carbonyl (C=O) groups is 4. The number of esters is 4. The van der Waals surface area contributed by atoms with Crippen molar-refractivity contribution in [2.24, 2.45) is 22.7 Å². The SMILES string of the molecule is C=C1[C@@H](OC(=O)[C@H](OC(C)=O)C(c2ccccc2)N(C)C)C[C@H](O)[C@]2(C)[C@@H]1CC1C[C@H](OC(C)=O)C(C)=C([C@@H](OC(C)=O)[C@@H]2O)C1(C)C. The van der Waals surface area contributed by atoms with Crippen molar-refractivity contribution in [1.29, 1.82) is 0 Å². The van der Waals surface area contributed by atoms with E-state index >= 15 is 0 Å². The van der Waals surface area contributed by atoms with Crippen LogP contribution in [-0.4, -0.2) is 89.7 Å². The second kappa shape index (κ2) is 14.1. The molecule has 1 aromatic rings. The Balaban J connectivity index is 1.76. The van der Waals surface area contributed by atoms with Gasteiger partial charge in [-0.2, -0.15) is 0 Å². The number of aliphatic hydroxyl groups excluding tert-OH is 2. The minimum Gasteiger partial charge on any atom is -0.458 e. The average molecular weight is 670 g/mol. The normalized spacial score (nSPS) is 32.6. The Morgan fingerprint density at radius 1 is 0.875 bits per heavy atom. The second-order valence-corrected chi connectivity index (χ2v) is 14.6. The first-order valence-corrected chi connectivity index (χ1v) is 16.5. The van der Waals surface area contributed by atoms with E-state index < -0.39 is 83.3 Å². The Labute approximate surface area is 283 Å². The summed E-state index contributed by atoms with van der Waals surface area (Å²) in [6.07, 6.45) is -5.88. The standard InChI is InChI=1S/C37H51NO10/c1-19-26-16-25-17-27(45-21(3)39)20(2)30(36(25,6)7)32(46-22(4)40)34(43)37(26,8)29(42)18-28(19)48-35(44)33(47-23(5)41)31(38(9)10)24-14-12-11-13-15-24/h11-15,25-29,31-34,42-43H,1,16-18H2,2-10H3/t25?,26-,27+,28+,29+,31?,32-,33-,34+,37+/m1/s1. The fourth-order valence-electron chi connectivity index (χ4n) is 8.44. The fraction of sp³-hybridized carbons (Fsp3) is 0.622. The number of fused-ring (bicyclic) bond motifs is 3. The van der Waals surface area contributed by atoms with Crippen LogP contribution in [-0.2, 0) is 38.1 Å². The van der Waals surface area contributed by atoms with Crippen LogP contribution in [0.2, 0.25) is 0 Å². The van der Waals surface area contributed by atoms with Gasteiger partial charge in [-0.05, 0) is 73.4 Å². The van der Waals surface area contributed by atoms with Crippen molar-refractivity contribution in [3.05, 3.63) is 59.2 Å². The number of hydrogen-bond acceptors (Lipinski definition) is 11. The second-order valence-electron chi connectivity index (χ2n) is 14.6. The van der Waals surface area contributed by atoms with Crippen LogP contribution in [0.15, 0.2) is 53.6 Å². The van der Waals surface area contributed by atoms with E-state index in [1.807, 2.05) is 51.1 Å². The predicted octanol–water partition coefficient (Wildman–Crippen LogP) is 4.07. The maximum Gasteiger partial charge on any atom is 0.350 e. The number of aliphatic hydroxyl groups is 2. The van der Waals surface area contributed by atoms with Gasteiger partial charge in [-0.3, -0.25) is 19.3 Å². The lowest BCUT2D eigenvalue weighted by Gasteiger charge is -2.58. The Kier molecular flexibility index (Phi) is 11.0. The first kappa shape index (κ1) is 37.3. The van der Waals surface area contributed by atoms with Crippen molar-refractivity contribution in [2.45, 2.75) is 110 Å². The van der Waals surface area contributed by atoms with Gasteiger partial charge < -0.3 is 29.2 Å². The molecule has 0 spiro atoms. The third-order valence-electron chi connectivity index (χ3n) is 11.0. The smallest absolute Gasteiger partial charge is 0.350 e. The molecule has 48 heavy (non-hydrogen) atoms. The van der Waals surface area contributed by atoms with Gasteiger partial charge in [0.15, 0.2) is 6.10 Å². The summed E-state index contributed by atoms with van der Waals surface area (Å²) < 4.78 is 23.3. The van der Waals surface area contributed by atoms with Gasteiger partial charge in [0.1, 0.15) is 18.3 Å². The molecular weight excluding hydrogens is 618 g/mol. The largest absolute Gasteiger partial charge is 0.458 e. The Morgan fingerprint density at radius 3 is 2.02 bits per heavy atom. The molecular formula is C37H51NO10. The number of carbonyl (C=O) groups excluding carboxylic acids is 4. The maximum atomic E-state index is 14.0. The number of benzene rings is 1. The molecule has 3 aliphatic rings. The first-order valence-electron chi connectivity index (χ1n) is 16.5. The van der Waals surface area contributed by atoms with Crippen LogP contribution in [0, 0.1) is 22.7 Å². The molecule has 10 atom stereocenters. The summed E-state index contributed by atoms with van der Waals surface area (Å²) in [6, 6.07) is 8.49. The van der Waals surface area contributed by atoms with Gasteiger partial charge in [0.2, 0.25) is 6.10 Å². The topological polar surface area (TPSA) is 149 Å². The summed E-state index contributed by atoms with van der Waals surface area (Å²) >= 11 is 0. The highest BCUT2D eigenvalue weighted by Crippen LogP contribution is 2.60. The van der Waals surface area contributed by atoms with Crippen molar-refractivity contribution in [2.75, 3.05) is 14.1 Å². The summed E-state index contributed by atoms with van der Waals surface area (Å²) in [5, 5.41) is 24.1. The van der Waals surface area contributed by atoms with Crippen LogP contribution in [0.25, 0.3) is 0 Å². The molecule has 264 valence electrons. The molecule has 0 heterocycles. The monoisotopic (exact) mass is 669 g/mol. The predicted molar refractivity (Wildman–Crippen MR) is 176 cm³/mol. The number of hydrogen-bond donors (Lipinski definition) is 2. The molecule has 0 aromatic heterocycles. The van der Waals surface area contributed by atoms with E-state index in [-0.39, 0.29) is 12.3 Å². The van der Waals surface area contributed by atoms with Gasteiger partial charge in [-0.1, -0.05) is 57.7 Å². The minimum atomic E-state index is -1.39. The summed E-state index contributed by atoms with van der Waals surface area (Å²) in [7, 11) is 3.54. The molecule has 2 fully saturated rings. The van der Waals surface area contributed by atoms with E-state index in [1.54, 1.807) is 25.9 Å². The van der Waals surface area contributed by atoms with Crippen LogP contribution in [0.3, 0.4) is 0 Å². The average Bonchev–Trinajstić information content (AvgIpc) is 2.98. The molecule has 0 saturated heterocycles. The van der Waals surface area contributed by atoms with Crippen LogP contribution in [0.4, 0.5) is 0 Å². The van der Waals surface area contributed by atoms with E-state index in [9.17, 15) is 29.4 Å². The lowest BCUT2D eigenvalue weighted by molar-refractivity contribution is -0.194. The molecule has 1 aromatic carbocycles. The van der Waals surface area contributed by atoms with E-state index in [1.165, 1.54) is 20.8 Å². The molecule has 3 aliphatic carbocycles. The molecule has 0 aliphatic heterocycles. The van der Waals surface area contributed by atoms with Crippen molar-refractivity contribution in [3.8, 4) is 0 Å². The molecule has 2 saturated carbocycles. The van der Waals surface area contributed by atoms with Crippen LogP contribution >= 0.6 is 0 Å². The van der Waals surface area contributed by atoms with Crippen LogP contribution < -0.4 is 0 Å². The molecule has 11 heteroatoms. The van der Waals surface area contributed by atoms with Crippen LogP contribution in [0.5, 0.6) is 0 Å². The quantitative estimate of drug-likeness (QED) is 0.234. The number of ether oxygens (including phenoxy) is 4. The highest BCUT2D eigenvalue weighted by atomic mass is 16.6. The van der Waals surface area contributed by atoms with Gasteiger partial charge in [0.25, 0.3) is 0 Å². The van der Waals surface area contributed by atoms with E-state index in [4.69, 9.17) is 18.9 Å². The third kappa shape index (κ3) is 6.95. The van der Waals surface area contributed by atoms with Gasteiger partial charge in [0, 0.05) is 32.6 Å². The number of nitrogens with zero attached hydrogens (tertiary/aromatic N) is 1. The summed E-state index contributed by atoms with van der Waals surface area (Å²) in [5.41, 5.74) is 0.710. The summed E-state index contributed by atoms with van der Waals surface area (Å²) in [5.74, 6) is -3.30. The van der Waals surface area contributed by atoms with Gasteiger partial charge in [-0.15, -0.1) is 0 Å². The first-order chi connectivity index (χ1) is 22.3. The Hall–Kier alpha value is -3.54.